The Kier molecular flexibility index (Phi) is 13.4. The van der Waals surface area contributed by atoms with Crippen LogP contribution in [-0.4, -0.2) is 11.7 Å². The van der Waals surface area contributed by atoms with Gasteiger partial charge >= 0.3 is 0 Å². The van der Waals surface area contributed by atoms with Crippen molar-refractivity contribution in [2.24, 2.45) is 0 Å². The Morgan fingerprint density at radius 2 is 0.831 bits per heavy atom. The van der Waals surface area contributed by atoms with Crippen LogP contribution < -0.4 is 4.74 Å². The van der Waals surface area contributed by atoms with Gasteiger partial charge < -0.3 is 9.84 Å². The molecule has 3 heterocycles. The molecule has 0 radical (unpaired) electrons. The van der Waals surface area contributed by atoms with E-state index < -0.39 is 0 Å². The standard InChI is InChI=1S/C26H29OS.C20H16OS.C14H11S/c1-4-5-6-11-16-27-26-19(2)17-21(18-20(26)3)28-24-14-9-7-12-22(24)23-13-8-10-15-25(23)28;1-13-11-15(12-14(2)20(13)21)22-18-9-5-3-7-16(18)17-8-4-6-10-19(17)22;1-2-7-13(8-3-1)15-11-10-12-6-4-5-9-14(12)15/h7-10,12-15,17-18H,4-6,11,16H2,1-3H3;3-12H,1-2H3;1-11H/q+1;;+1/p+1. The van der Waals surface area contributed by atoms with Crippen LogP contribution in [0.4, 0.5) is 0 Å². The molecule has 0 bridgehead atoms. The summed E-state index contributed by atoms with van der Waals surface area (Å²) in [5.74, 6) is 1.48. The number of rotatable bonds is 9. The largest absolute Gasteiger partial charge is 0.507 e. The lowest BCUT2D eigenvalue weighted by atomic mass is 10.1. The minimum Gasteiger partial charge on any atom is -0.507 e. The van der Waals surface area contributed by atoms with Crippen molar-refractivity contribution in [3.63, 3.8) is 0 Å². The highest BCUT2D eigenvalue weighted by Crippen LogP contribution is 2.51. The summed E-state index contributed by atoms with van der Waals surface area (Å²) < 4.78 is 13.3. The first-order valence-electron chi connectivity index (χ1n) is 22.8. The van der Waals surface area contributed by atoms with Crippen molar-refractivity contribution in [3.8, 4) is 26.2 Å². The zero-order chi connectivity index (χ0) is 44.9. The molecule has 1 N–H and O–H groups in total. The molecule has 0 aliphatic rings. The number of hydrogen-bond acceptors (Lipinski definition) is 2. The SMILES string of the molecule is CCCCCCOc1c(C)cc(-[s+]2c3ccccc3c3ccccc32)cc1C.Cc1cc(-[s+]2c3ccccc3c3ccccc32)cc(C)c1O.c1ccc(-[s+]2ccc3ccccc32)cc1. The van der Waals surface area contributed by atoms with Gasteiger partial charge in [0.1, 0.15) is 16.9 Å². The van der Waals surface area contributed by atoms with E-state index in [9.17, 15) is 5.11 Å². The summed E-state index contributed by atoms with van der Waals surface area (Å²) in [6, 6.07) is 65.6. The molecule has 0 saturated carbocycles. The van der Waals surface area contributed by atoms with E-state index in [2.05, 4.69) is 208 Å². The molecule has 0 aliphatic carbocycles. The Morgan fingerprint density at radius 1 is 0.415 bits per heavy atom. The molecule has 0 amide bonds. The topological polar surface area (TPSA) is 29.5 Å². The van der Waals surface area contributed by atoms with E-state index in [0.717, 1.165) is 29.9 Å². The Balaban J connectivity index is 0.000000128. The Labute approximate surface area is 392 Å². The van der Waals surface area contributed by atoms with Gasteiger partial charge in [0.15, 0.2) is 38.2 Å². The van der Waals surface area contributed by atoms with Gasteiger partial charge in [-0.1, -0.05) is 105 Å². The fourth-order valence-corrected chi connectivity index (χ4v) is 16.0. The van der Waals surface area contributed by atoms with Crippen LogP contribution >= 0.6 is 31.4 Å². The number of fused-ring (bicyclic) bond motifs is 7. The van der Waals surface area contributed by atoms with E-state index in [-0.39, 0.29) is 31.4 Å². The van der Waals surface area contributed by atoms with Crippen LogP contribution in [0, 0.1) is 27.7 Å². The summed E-state index contributed by atoms with van der Waals surface area (Å²) >= 11 is 0. The molecule has 5 heteroatoms. The molecule has 2 nitrogen and oxygen atoms in total. The van der Waals surface area contributed by atoms with Gasteiger partial charge in [0.25, 0.3) is 0 Å². The summed E-state index contributed by atoms with van der Waals surface area (Å²) in [6.07, 6.45) is 4.95. The highest BCUT2D eigenvalue weighted by atomic mass is 32.2. The van der Waals surface area contributed by atoms with Gasteiger partial charge in [-0.05, 0) is 129 Å². The summed E-state index contributed by atoms with van der Waals surface area (Å²) in [5.41, 5.74) is 4.40. The van der Waals surface area contributed by atoms with Crippen LogP contribution in [0.15, 0.2) is 187 Å². The van der Waals surface area contributed by atoms with E-state index in [4.69, 9.17) is 4.74 Å². The van der Waals surface area contributed by atoms with E-state index in [1.807, 2.05) is 13.8 Å². The second kappa shape index (κ2) is 19.9. The second-order valence-electron chi connectivity index (χ2n) is 16.8. The second-order valence-corrected chi connectivity index (χ2v) is 22.6. The number of benzene rings is 8. The third-order valence-corrected chi connectivity index (χ3v) is 18.8. The predicted molar refractivity (Wildman–Crippen MR) is 289 cm³/mol. The van der Waals surface area contributed by atoms with Crippen LogP contribution in [-0.2, 0) is 0 Å². The van der Waals surface area contributed by atoms with Crippen LogP contribution in [0.25, 0.3) is 65.1 Å². The molecule has 65 heavy (non-hydrogen) atoms. The maximum absolute atomic E-state index is 10.1. The first-order chi connectivity index (χ1) is 31.8. The van der Waals surface area contributed by atoms with Gasteiger partial charge in [-0.15, -0.1) is 0 Å². The van der Waals surface area contributed by atoms with E-state index in [1.54, 1.807) is 0 Å². The zero-order valence-electron chi connectivity index (χ0n) is 38.0. The molecule has 8 aromatic carbocycles. The molecule has 11 rings (SSSR count). The number of thiophene rings is 3. The maximum atomic E-state index is 10.1. The quantitative estimate of drug-likeness (QED) is 0.116. The molecule has 0 fully saturated rings. The molecule has 0 spiro atoms. The lowest BCUT2D eigenvalue weighted by Crippen LogP contribution is -2.00. The number of phenolic OH excluding ortho intramolecular Hbond substituents is 1. The molecular weight excluding hydrogens is 849 g/mol. The molecule has 1 unspecified atom stereocenters. The first kappa shape index (κ1) is 44.0. The number of aryl methyl sites for hydroxylation is 4. The predicted octanol–water partition coefficient (Wildman–Crippen LogP) is 18.9. The summed E-state index contributed by atoms with van der Waals surface area (Å²) in [6.45, 7) is 11.4. The molecule has 3 aromatic heterocycles. The third-order valence-electron chi connectivity index (χ3n) is 12.2. The van der Waals surface area contributed by atoms with Crippen molar-refractivity contribution in [3.05, 3.63) is 210 Å². The summed E-state index contributed by atoms with van der Waals surface area (Å²) in [5, 5.41) is 19.2. The van der Waals surface area contributed by atoms with Crippen LogP contribution in [0.1, 0.15) is 54.9 Å². The number of hydrogen-bond donors (Lipinski definition) is 1. The highest BCUT2D eigenvalue weighted by Gasteiger charge is 2.26. The lowest BCUT2D eigenvalue weighted by Gasteiger charge is -2.12. The number of unbranched alkanes of at least 4 members (excludes halogenated alkanes) is 3. The highest BCUT2D eigenvalue weighted by molar-refractivity contribution is 7.50. The minimum atomic E-state index is -0.0805. The van der Waals surface area contributed by atoms with Crippen molar-refractivity contribution in [1.29, 1.82) is 0 Å². The summed E-state index contributed by atoms with van der Waals surface area (Å²) in [7, 11) is 0.0384. The number of phenols is 1. The van der Waals surface area contributed by atoms with Crippen LogP contribution in [0.5, 0.6) is 11.5 Å². The first-order valence-corrected chi connectivity index (χ1v) is 26.5. The molecule has 11 aromatic rings. The average molecular weight is 906 g/mol. The smallest absolute Gasteiger partial charge is 0.187 e. The fourth-order valence-electron chi connectivity index (χ4n) is 9.01. The fraction of sp³-hybridized carbons (Fsp3) is 0.167. The molecule has 1 atom stereocenters. The van der Waals surface area contributed by atoms with Crippen molar-refractivity contribution in [2.45, 2.75) is 60.3 Å². The summed E-state index contributed by atoms with van der Waals surface area (Å²) in [4.78, 5) is 4.08. The van der Waals surface area contributed by atoms with Crippen LogP contribution in [0.2, 0.25) is 0 Å². The Bertz CT molecular complexity index is 3250. The van der Waals surface area contributed by atoms with E-state index in [0.29, 0.717) is 5.75 Å². The molecule has 0 aliphatic heterocycles. The van der Waals surface area contributed by atoms with Gasteiger partial charge in [0, 0.05) is 88.7 Å². The molecular formula is C60H57O2S3+3. The third kappa shape index (κ3) is 9.06. The van der Waals surface area contributed by atoms with Crippen LogP contribution in [0.3, 0.4) is 0 Å². The number of ether oxygens (including phenoxy) is 1. The van der Waals surface area contributed by atoms with E-state index in [1.165, 1.54) is 95.5 Å². The van der Waals surface area contributed by atoms with Crippen molar-refractivity contribution in [1.82, 2.24) is 0 Å². The molecule has 324 valence electrons. The van der Waals surface area contributed by atoms with Crippen molar-refractivity contribution >= 4 is 81.8 Å². The zero-order valence-corrected chi connectivity index (χ0v) is 40.5. The van der Waals surface area contributed by atoms with Gasteiger partial charge in [-0.25, -0.2) is 0 Å². The van der Waals surface area contributed by atoms with Gasteiger partial charge in [-0.2, -0.15) is 0 Å². The number of aromatic hydroxyl groups is 1. The maximum Gasteiger partial charge on any atom is 0.187 e. The van der Waals surface area contributed by atoms with Crippen molar-refractivity contribution in [2.75, 3.05) is 6.61 Å². The minimum absolute atomic E-state index is 0.0350. The van der Waals surface area contributed by atoms with Crippen molar-refractivity contribution < 1.29 is 9.84 Å². The Hall–Kier alpha value is -6.24. The van der Waals surface area contributed by atoms with E-state index >= 15 is 0 Å². The lowest BCUT2D eigenvalue weighted by molar-refractivity contribution is 0.301. The van der Waals surface area contributed by atoms with Gasteiger partial charge in [-0.3, -0.25) is 0 Å². The molecule has 0 saturated heterocycles. The Morgan fingerprint density at radius 3 is 1.31 bits per heavy atom. The average Bonchev–Trinajstić information content (AvgIpc) is 4.03. The monoisotopic (exact) mass is 905 g/mol. The normalized spacial score (nSPS) is 11.5. The van der Waals surface area contributed by atoms with Gasteiger partial charge in [0.05, 0.1) is 6.61 Å². The van der Waals surface area contributed by atoms with Gasteiger partial charge in [0.2, 0.25) is 0 Å².